The SMILES string of the molecule is Cc1ccn2c(=O)c(C(=O)NCCCN)cnc2c1.Cl. The molecule has 2 heterocycles. The van der Waals surface area contributed by atoms with Crippen LogP contribution in [0.5, 0.6) is 0 Å². The summed E-state index contributed by atoms with van der Waals surface area (Å²) in [6, 6.07) is 3.59. The summed E-state index contributed by atoms with van der Waals surface area (Å²) in [4.78, 5) is 28.1. The highest BCUT2D eigenvalue weighted by Gasteiger charge is 2.12. The Hall–Kier alpha value is -1.92. The molecular formula is C13H17ClN4O2. The molecule has 0 aliphatic rings. The quantitative estimate of drug-likeness (QED) is 0.804. The Morgan fingerprint density at radius 3 is 2.95 bits per heavy atom. The number of aryl methyl sites for hydroxylation is 1. The number of nitrogens with zero attached hydrogens (tertiary/aromatic N) is 2. The van der Waals surface area contributed by atoms with Crippen molar-refractivity contribution < 1.29 is 4.79 Å². The van der Waals surface area contributed by atoms with E-state index >= 15 is 0 Å². The molecule has 108 valence electrons. The van der Waals surface area contributed by atoms with Crippen molar-refractivity contribution in [3.63, 3.8) is 0 Å². The summed E-state index contributed by atoms with van der Waals surface area (Å²) in [5.74, 6) is -0.416. The molecule has 0 spiro atoms. The molecule has 0 saturated heterocycles. The van der Waals surface area contributed by atoms with E-state index in [4.69, 9.17) is 5.73 Å². The first-order chi connectivity index (χ1) is 9.13. The number of carbonyl (C=O) groups excluding carboxylic acids is 1. The van der Waals surface area contributed by atoms with Crippen LogP contribution < -0.4 is 16.6 Å². The second-order valence-corrected chi connectivity index (χ2v) is 4.31. The van der Waals surface area contributed by atoms with Crippen LogP contribution in [-0.4, -0.2) is 28.4 Å². The Bertz CT molecular complexity index is 669. The van der Waals surface area contributed by atoms with Crippen molar-refractivity contribution in [2.24, 2.45) is 5.73 Å². The van der Waals surface area contributed by atoms with E-state index in [0.29, 0.717) is 25.2 Å². The number of aromatic nitrogens is 2. The number of pyridine rings is 1. The van der Waals surface area contributed by atoms with Gasteiger partial charge in [0, 0.05) is 18.9 Å². The van der Waals surface area contributed by atoms with Crippen molar-refractivity contribution in [1.82, 2.24) is 14.7 Å². The molecule has 0 bridgehead atoms. The summed E-state index contributed by atoms with van der Waals surface area (Å²) < 4.78 is 1.37. The first kappa shape index (κ1) is 16.1. The highest BCUT2D eigenvalue weighted by molar-refractivity contribution is 5.93. The molecule has 0 fully saturated rings. The zero-order valence-corrected chi connectivity index (χ0v) is 11.9. The van der Waals surface area contributed by atoms with Gasteiger partial charge in [0.15, 0.2) is 0 Å². The summed E-state index contributed by atoms with van der Waals surface area (Å²) in [5, 5.41) is 2.64. The van der Waals surface area contributed by atoms with Gasteiger partial charge >= 0.3 is 0 Å². The molecule has 6 nitrogen and oxygen atoms in total. The normalized spacial score (nSPS) is 10.1. The fourth-order valence-electron chi connectivity index (χ4n) is 1.73. The Balaban J connectivity index is 0.00000200. The van der Waals surface area contributed by atoms with Gasteiger partial charge in [0.1, 0.15) is 11.2 Å². The van der Waals surface area contributed by atoms with Gasteiger partial charge < -0.3 is 11.1 Å². The lowest BCUT2D eigenvalue weighted by atomic mass is 10.2. The van der Waals surface area contributed by atoms with Gasteiger partial charge in [0.25, 0.3) is 11.5 Å². The molecular weight excluding hydrogens is 280 g/mol. The highest BCUT2D eigenvalue weighted by atomic mass is 35.5. The minimum atomic E-state index is -0.416. The van der Waals surface area contributed by atoms with Crippen molar-refractivity contribution >= 4 is 24.0 Å². The van der Waals surface area contributed by atoms with E-state index in [1.54, 1.807) is 18.3 Å². The van der Waals surface area contributed by atoms with Gasteiger partial charge in [0.2, 0.25) is 0 Å². The molecule has 7 heteroatoms. The van der Waals surface area contributed by atoms with Crippen LogP contribution in [0.25, 0.3) is 5.65 Å². The average molecular weight is 297 g/mol. The molecule has 2 aromatic rings. The molecule has 2 aromatic heterocycles. The number of halogens is 1. The van der Waals surface area contributed by atoms with Gasteiger partial charge in [-0.25, -0.2) is 4.98 Å². The fraction of sp³-hybridized carbons (Fsp3) is 0.308. The standard InChI is InChI=1S/C13H16N4O2.ClH/c1-9-3-6-17-11(7-9)16-8-10(13(17)19)12(18)15-5-2-4-14;/h3,6-8H,2,4-5,14H2,1H3,(H,15,18);1H. The average Bonchev–Trinajstić information content (AvgIpc) is 2.39. The van der Waals surface area contributed by atoms with Crippen molar-refractivity contribution in [3.8, 4) is 0 Å². The Labute approximate surface area is 122 Å². The van der Waals surface area contributed by atoms with Crippen LogP contribution >= 0.6 is 12.4 Å². The van der Waals surface area contributed by atoms with Gasteiger partial charge in [0.05, 0.1) is 0 Å². The van der Waals surface area contributed by atoms with E-state index in [-0.39, 0.29) is 23.5 Å². The van der Waals surface area contributed by atoms with E-state index in [9.17, 15) is 9.59 Å². The summed E-state index contributed by atoms with van der Waals surface area (Å²) >= 11 is 0. The first-order valence-electron chi connectivity index (χ1n) is 6.10. The predicted molar refractivity (Wildman–Crippen MR) is 79.5 cm³/mol. The number of fused-ring (bicyclic) bond motifs is 1. The second kappa shape index (κ2) is 7.02. The number of nitrogens with two attached hydrogens (primary N) is 1. The number of rotatable bonds is 4. The van der Waals surface area contributed by atoms with Crippen molar-refractivity contribution in [2.45, 2.75) is 13.3 Å². The molecule has 0 saturated carbocycles. The maximum atomic E-state index is 12.2. The van der Waals surface area contributed by atoms with Crippen LogP contribution in [0, 0.1) is 6.92 Å². The van der Waals surface area contributed by atoms with Crippen LogP contribution in [0.3, 0.4) is 0 Å². The van der Waals surface area contributed by atoms with Crippen molar-refractivity contribution in [1.29, 1.82) is 0 Å². The maximum Gasteiger partial charge on any atom is 0.270 e. The predicted octanol–water partition coefficient (Wildman–Crippen LogP) is 0.503. The maximum absolute atomic E-state index is 12.2. The number of hydrogen-bond donors (Lipinski definition) is 2. The summed E-state index contributed by atoms with van der Waals surface area (Å²) in [6.07, 6.45) is 3.61. The van der Waals surface area contributed by atoms with Crippen molar-refractivity contribution in [2.75, 3.05) is 13.1 Å². The van der Waals surface area contributed by atoms with E-state index in [1.165, 1.54) is 10.6 Å². The van der Waals surface area contributed by atoms with Crippen LogP contribution in [0.4, 0.5) is 0 Å². The van der Waals surface area contributed by atoms with Gasteiger partial charge in [-0.1, -0.05) is 0 Å². The van der Waals surface area contributed by atoms with E-state index in [0.717, 1.165) is 5.56 Å². The molecule has 1 amide bonds. The number of nitrogens with one attached hydrogen (secondary N) is 1. The molecule has 20 heavy (non-hydrogen) atoms. The molecule has 0 radical (unpaired) electrons. The molecule has 0 atom stereocenters. The molecule has 3 N–H and O–H groups in total. The minimum absolute atomic E-state index is 0. The Kier molecular flexibility index (Phi) is 5.66. The number of hydrogen-bond acceptors (Lipinski definition) is 4. The van der Waals surface area contributed by atoms with E-state index in [1.807, 2.05) is 6.92 Å². The van der Waals surface area contributed by atoms with Gasteiger partial charge in [-0.3, -0.25) is 14.0 Å². The van der Waals surface area contributed by atoms with Gasteiger partial charge in [-0.2, -0.15) is 0 Å². The van der Waals surface area contributed by atoms with Crippen LogP contribution in [0.15, 0.2) is 29.3 Å². The van der Waals surface area contributed by atoms with Crippen LogP contribution in [-0.2, 0) is 0 Å². The Morgan fingerprint density at radius 1 is 1.50 bits per heavy atom. The summed E-state index contributed by atoms with van der Waals surface area (Å²) in [7, 11) is 0. The van der Waals surface area contributed by atoms with Gasteiger partial charge in [-0.15, -0.1) is 12.4 Å². The lowest BCUT2D eigenvalue weighted by molar-refractivity contribution is 0.0951. The first-order valence-corrected chi connectivity index (χ1v) is 6.10. The molecule has 0 aliphatic carbocycles. The third kappa shape index (κ3) is 3.34. The monoisotopic (exact) mass is 296 g/mol. The largest absolute Gasteiger partial charge is 0.352 e. The van der Waals surface area contributed by atoms with Crippen LogP contribution in [0.2, 0.25) is 0 Å². The third-order valence-electron chi connectivity index (χ3n) is 2.78. The van der Waals surface area contributed by atoms with Gasteiger partial charge in [-0.05, 0) is 37.6 Å². The topological polar surface area (TPSA) is 89.5 Å². The summed E-state index contributed by atoms with van der Waals surface area (Å²) in [6.45, 7) is 2.86. The lowest BCUT2D eigenvalue weighted by Gasteiger charge is -2.06. The van der Waals surface area contributed by atoms with E-state index in [2.05, 4.69) is 10.3 Å². The molecule has 0 aliphatic heterocycles. The minimum Gasteiger partial charge on any atom is -0.352 e. The van der Waals surface area contributed by atoms with E-state index < -0.39 is 5.91 Å². The fourth-order valence-corrected chi connectivity index (χ4v) is 1.73. The highest BCUT2D eigenvalue weighted by Crippen LogP contribution is 2.02. The zero-order chi connectivity index (χ0) is 13.8. The smallest absolute Gasteiger partial charge is 0.270 e. The third-order valence-corrected chi connectivity index (χ3v) is 2.78. The lowest BCUT2D eigenvalue weighted by Crippen LogP contribution is -2.32. The molecule has 2 rings (SSSR count). The van der Waals surface area contributed by atoms with Crippen LogP contribution in [0.1, 0.15) is 22.3 Å². The molecule has 0 aromatic carbocycles. The number of carbonyl (C=O) groups is 1. The number of amides is 1. The Morgan fingerprint density at radius 2 is 2.25 bits per heavy atom. The summed E-state index contributed by atoms with van der Waals surface area (Å²) in [5.41, 5.74) is 6.55. The van der Waals surface area contributed by atoms with Crippen molar-refractivity contribution in [3.05, 3.63) is 46.0 Å². The second-order valence-electron chi connectivity index (χ2n) is 4.31. The molecule has 0 unspecified atom stereocenters. The zero-order valence-electron chi connectivity index (χ0n) is 11.1.